The molecule has 1 heterocycles. The van der Waals surface area contributed by atoms with Crippen molar-refractivity contribution in [2.45, 2.75) is 20.4 Å². The van der Waals surface area contributed by atoms with Crippen LogP contribution in [0.4, 0.5) is 4.39 Å². The second-order valence-corrected chi connectivity index (χ2v) is 4.66. The van der Waals surface area contributed by atoms with E-state index < -0.39 is 0 Å². The summed E-state index contributed by atoms with van der Waals surface area (Å²) < 4.78 is 15.8. The molecule has 1 aromatic carbocycles. The first-order chi connectivity index (χ1) is 8.65. The second-order valence-electron chi connectivity index (χ2n) is 4.27. The number of halogens is 1. The zero-order chi connectivity index (χ0) is 13.1. The Morgan fingerprint density at radius 1 is 1.33 bits per heavy atom. The average Bonchev–Trinajstić information content (AvgIpc) is 2.66. The standard InChI is InChI=1S/C13H18FN3S/c1-3-16(4-2)7-8-17-12-6-5-10(14)9-11(12)15-13(17)18/h5-6,9H,3-4,7-8H2,1-2H3,(H,15,18). The van der Waals surface area contributed by atoms with Gasteiger partial charge in [0.2, 0.25) is 0 Å². The minimum atomic E-state index is -0.241. The maximum atomic E-state index is 13.1. The van der Waals surface area contributed by atoms with Crippen molar-refractivity contribution in [1.82, 2.24) is 14.5 Å². The Bertz CT molecular complexity index is 583. The molecule has 2 rings (SSSR count). The van der Waals surface area contributed by atoms with Crippen LogP contribution >= 0.6 is 12.2 Å². The Labute approximate surface area is 111 Å². The maximum Gasteiger partial charge on any atom is 0.178 e. The maximum absolute atomic E-state index is 13.1. The van der Waals surface area contributed by atoms with Gasteiger partial charge in [-0.05, 0) is 43.5 Å². The van der Waals surface area contributed by atoms with Crippen LogP contribution in [0.3, 0.4) is 0 Å². The lowest BCUT2D eigenvalue weighted by atomic mass is 10.3. The smallest absolute Gasteiger partial charge is 0.178 e. The molecule has 0 saturated heterocycles. The summed E-state index contributed by atoms with van der Waals surface area (Å²) in [6, 6.07) is 4.73. The number of nitrogens with zero attached hydrogens (tertiary/aromatic N) is 2. The van der Waals surface area contributed by atoms with Gasteiger partial charge in [0.25, 0.3) is 0 Å². The number of rotatable bonds is 5. The van der Waals surface area contributed by atoms with Gasteiger partial charge >= 0.3 is 0 Å². The molecule has 0 fully saturated rings. The number of likely N-dealkylation sites (N-methyl/N-ethyl adjacent to an activating group) is 1. The fourth-order valence-corrected chi connectivity index (χ4v) is 2.44. The molecule has 0 radical (unpaired) electrons. The van der Waals surface area contributed by atoms with Crippen LogP contribution in [-0.2, 0) is 6.54 Å². The molecule has 18 heavy (non-hydrogen) atoms. The highest BCUT2D eigenvalue weighted by molar-refractivity contribution is 7.71. The topological polar surface area (TPSA) is 24.0 Å². The van der Waals surface area contributed by atoms with Crippen molar-refractivity contribution in [1.29, 1.82) is 0 Å². The third-order valence-corrected chi connectivity index (χ3v) is 3.59. The summed E-state index contributed by atoms with van der Waals surface area (Å²) >= 11 is 5.29. The number of benzene rings is 1. The van der Waals surface area contributed by atoms with Gasteiger partial charge in [0.05, 0.1) is 11.0 Å². The minimum Gasteiger partial charge on any atom is -0.330 e. The van der Waals surface area contributed by atoms with E-state index in [4.69, 9.17) is 12.2 Å². The SMILES string of the molecule is CCN(CC)CCn1c(=S)[nH]c2cc(F)ccc21. The molecule has 98 valence electrons. The highest BCUT2D eigenvalue weighted by Gasteiger charge is 2.06. The van der Waals surface area contributed by atoms with Gasteiger partial charge in [-0.3, -0.25) is 0 Å². The van der Waals surface area contributed by atoms with Crippen LogP contribution in [-0.4, -0.2) is 34.1 Å². The van der Waals surface area contributed by atoms with Gasteiger partial charge in [-0.25, -0.2) is 4.39 Å². The summed E-state index contributed by atoms with van der Waals surface area (Å²) in [5.74, 6) is -0.241. The van der Waals surface area contributed by atoms with Gasteiger partial charge < -0.3 is 14.5 Å². The summed E-state index contributed by atoms with van der Waals surface area (Å²) in [4.78, 5) is 5.38. The van der Waals surface area contributed by atoms with Crippen molar-refractivity contribution < 1.29 is 4.39 Å². The van der Waals surface area contributed by atoms with E-state index in [0.29, 0.717) is 4.77 Å². The van der Waals surface area contributed by atoms with Crippen molar-refractivity contribution in [3.05, 3.63) is 28.8 Å². The number of aromatic amines is 1. The van der Waals surface area contributed by atoms with Crippen molar-refractivity contribution in [2.75, 3.05) is 19.6 Å². The van der Waals surface area contributed by atoms with E-state index in [1.807, 2.05) is 4.57 Å². The molecular weight excluding hydrogens is 249 g/mol. The van der Waals surface area contributed by atoms with Gasteiger partial charge in [-0.2, -0.15) is 0 Å². The molecule has 1 aromatic heterocycles. The van der Waals surface area contributed by atoms with Crippen LogP contribution in [0.5, 0.6) is 0 Å². The zero-order valence-electron chi connectivity index (χ0n) is 10.7. The molecule has 0 bridgehead atoms. The number of H-pyrrole nitrogens is 1. The summed E-state index contributed by atoms with van der Waals surface area (Å²) in [5, 5.41) is 0. The van der Waals surface area contributed by atoms with Crippen LogP contribution < -0.4 is 0 Å². The molecule has 0 aliphatic heterocycles. The lowest BCUT2D eigenvalue weighted by Gasteiger charge is -2.18. The van der Waals surface area contributed by atoms with Crippen molar-refractivity contribution in [3.8, 4) is 0 Å². The molecular formula is C13H18FN3S. The number of hydrogen-bond acceptors (Lipinski definition) is 2. The van der Waals surface area contributed by atoms with Gasteiger partial charge in [0.1, 0.15) is 5.82 Å². The molecule has 2 aromatic rings. The highest BCUT2D eigenvalue weighted by atomic mass is 32.1. The van der Waals surface area contributed by atoms with E-state index in [1.165, 1.54) is 12.1 Å². The number of hydrogen-bond donors (Lipinski definition) is 1. The van der Waals surface area contributed by atoms with E-state index in [0.717, 1.165) is 37.2 Å². The average molecular weight is 267 g/mol. The Morgan fingerprint density at radius 3 is 2.72 bits per heavy atom. The Kier molecular flexibility index (Phi) is 4.14. The van der Waals surface area contributed by atoms with Crippen molar-refractivity contribution >= 4 is 23.3 Å². The second kappa shape index (κ2) is 5.63. The third kappa shape index (κ3) is 2.62. The molecule has 0 spiro atoms. The predicted octanol–water partition coefficient (Wildman–Crippen LogP) is 3.18. The predicted molar refractivity (Wildman–Crippen MR) is 74.9 cm³/mol. The van der Waals surface area contributed by atoms with E-state index in [9.17, 15) is 4.39 Å². The Morgan fingerprint density at radius 2 is 2.06 bits per heavy atom. The summed E-state index contributed by atoms with van der Waals surface area (Å²) in [5.41, 5.74) is 1.73. The first kappa shape index (κ1) is 13.2. The number of aromatic nitrogens is 2. The summed E-state index contributed by atoms with van der Waals surface area (Å²) in [6.45, 7) is 8.13. The molecule has 0 amide bonds. The van der Waals surface area contributed by atoms with E-state index in [-0.39, 0.29) is 5.82 Å². The largest absolute Gasteiger partial charge is 0.330 e. The summed E-state index contributed by atoms with van der Waals surface area (Å²) in [7, 11) is 0. The molecule has 0 aliphatic carbocycles. The van der Waals surface area contributed by atoms with E-state index in [2.05, 4.69) is 23.7 Å². The molecule has 3 nitrogen and oxygen atoms in total. The zero-order valence-corrected chi connectivity index (χ0v) is 11.6. The minimum absolute atomic E-state index is 0.241. The number of nitrogens with one attached hydrogen (secondary N) is 1. The van der Waals surface area contributed by atoms with Crippen molar-refractivity contribution in [2.24, 2.45) is 0 Å². The first-order valence-corrected chi connectivity index (χ1v) is 6.67. The molecule has 0 saturated carbocycles. The fraction of sp³-hybridized carbons (Fsp3) is 0.462. The van der Waals surface area contributed by atoms with E-state index >= 15 is 0 Å². The van der Waals surface area contributed by atoms with Crippen LogP contribution in [0, 0.1) is 10.6 Å². The lowest BCUT2D eigenvalue weighted by molar-refractivity contribution is 0.291. The summed E-state index contributed by atoms with van der Waals surface area (Å²) in [6.07, 6.45) is 0. The lowest BCUT2D eigenvalue weighted by Crippen LogP contribution is -2.27. The number of imidazole rings is 1. The van der Waals surface area contributed by atoms with Gasteiger partial charge in [0.15, 0.2) is 4.77 Å². The van der Waals surface area contributed by atoms with Crippen LogP contribution in [0.2, 0.25) is 0 Å². The monoisotopic (exact) mass is 267 g/mol. The van der Waals surface area contributed by atoms with Gasteiger partial charge in [-0.1, -0.05) is 13.8 Å². The molecule has 0 atom stereocenters. The third-order valence-electron chi connectivity index (χ3n) is 3.27. The van der Waals surface area contributed by atoms with Gasteiger partial charge in [0, 0.05) is 13.1 Å². The van der Waals surface area contributed by atoms with E-state index in [1.54, 1.807) is 6.07 Å². The molecule has 0 unspecified atom stereocenters. The first-order valence-electron chi connectivity index (χ1n) is 6.26. The highest BCUT2D eigenvalue weighted by Crippen LogP contribution is 2.15. The normalized spacial score (nSPS) is 11.6. The molecule has 0 aliphatic rings. The van der Waals surface area contributed by atoms with Crippen molar-refractivity contribution in [3.63, 3.8) is 0 Å². The Hall–Kier alpha value is -1.20. The van der Waals surface area contributed by atoms with Crippen LogP contribution in [0.15, 0.2) is 18.2 Å². The van der Waals surface area contributed by atoms with Crippen LogP contribution in [0.25, 0.3) is 11.0 Å². The van der Waals surface area contributed by atoms with Crippen LogP contribution in [0.1, 0.15) is 13.8 Å². The Balaban J connectivity index is 2.28. The van der Waals surface area contributed by atoms with Gasteiger partial charge in [-0.15, -0.1) is 0 Å². The molecule has 1 N–H and O–H groups in total. The quantitative estimate of drug-likeness (QED) is 0.841. The molecule has 5 heteroatoms. The number of fused-ring (bicyclic) bond motifs is 1. The fourth-order valence-electron chi connectivity index (χ4n) is 2.14.